The highest BCUT2D eigenvalue weighted by Gasteiger charge is 2.32. The van der Waals surface area contributed by atoms with E-state index in [4.69, 9.17) is 16.3 Å². The summed E-state index contributed by atoms with van der Waals surface area (Å²) < 4.78 is 5.80. The van der Waals surface area contributed by atoms with Crippen LogP contribution in [-0.2, 0) is 0 Å². The molecule has 1 aromatic carbocycles. The Kier molecular flexibility index (Phi) is 5.76. The molecule has 0 spiro atoms. The lowest BCUT2D eigenvalue weighted by Gasteiger charge is -2.30. The predicted molar refractivity (Wildman–Crippen MR) is 87.6 cm³/mol. The quantitative estimate of drug-likeness (QED) is 0.362. The standard InChI is InChI=1S/C15H20ClNO3S/c16-12-6-5-7-13(17(18)19)14(12)20-10-15(11-21)8-3-1-2-4-9-15/h5-7,21H,1-4,8-11H2. The van der Waals surface area contributed by atoms with E-state index in [1.54, 1.807) is 12.1 Å². The minimum absolute atomic E-state index is 0.00729. The van der Waals surface area contributed by atoms with E-state index < -0.39 is 4.92 Å². The van der Waals surface area contributed by atoms with Crippen molar-refractivity contribution in [2.45, 2.75) is 38.5 Å². The normalized spacial score (nSPS) is 18.0. The second-order valence-electron chi connectivity index (χ2n) is 5.71. The third-order valence-electron chi connectivity index (χ3n) is 4.17. The summed E-state index contributed by atoms with van der Waals surface area (Å²) in [5.74, 6) is 0.903. The minimum Gasteiger partial charge on any atom is -0.485 e. The lowest BCUT2D eigenvalue weighted by molar-refractivity contribution is -0.385. The first-order chi connectivity index (χ1) is 10.1. The van der Waals surface area contributed by atoms with Crippen molar-refractivity contribution in [3.63, 3.8) is 0 Å². The molecule has 1 aliphatic rings. The van der Waals surface area contributed by atoms with Gasteiger partial charge in [-0.1, -0.05) is 43.4 Å². The van der Waals surface area contributed by atoms with Gasteiger partial charge in [-0.25, -0.2) is 0 Å². The van der Waals surface area contributed by atoms with Crippen molar-refractivity contribution in [2.75, 3.05) is 12.4 Å². The van der Waals surface area contributed by atoms with Crippen LogP contribution >= 0.6 is 24.2 Å². The Hall–Kier alpha value is -0.940. The molecule has 0 radical (unpaired) electrons. The highest BCUT2D eigenvalue weighted by Crippen LogP contribution is 2.40. The van der Waals surface area contributed by atoms with E-state index in [1.807, 2.05) is 0 Å². The molecule has 0 atom stereocenters. The summed E-state index contributed by atoms with van der Waals surface area (Å²) in [5, 5.41) is 11.4. The molecule has 1 saturated carbocycles. The predicted octanol–water partition coefficient (Wildman–Crippen LogP) is 4.90. The summed E-state index contributed by atoms with van der Waals surface area (Å²) in [7, 11) is 0. The van der Waals surface area contributed by atoms with Crippen LogP contribution in [0.3, 0.4) is 0 Å². The maximum absolute atomic E-state index is 11.1. The van der Waals surface area contributed by atoms with Crippen LogP contribution in [0.5, 0.6) is 5.75 Å². The summed E-state index contributed by atoms with van der Waals surface area (Å²) in [4.78, 5) is 10.6. The van der Waals surface area contributed by atoms with Crippen LogP contribution in [0.2, 0.25) is 5.02 Å². The van der Waals surface area contributed by atoms with E-state index in [2.05, 4.69) is 12.6 Å². The first-order valence-corrected chi connectivity index (χ1v) is 8.26. The molecule has 6 heteroatoms. The number of nitro benzene ring substituents is 1. The Balaban J connectivity index is 2.16. The number of ether oxygens (including phenoxy) is 1. The molecule has 1 aliphatic carbocycles. The maximum atomic E-state index is 11.1. The van der Waals surface area contributed by atoms with Crippen molar-refractivity contribution in [3.8, 4) is 5.75 Å². The maximum Gasteiger partial charge on any atom is 0.312 e. The van der Waals surface area contributed by atoms with Crippen molar-refractivity contribution < 1.29 is 9.66 Å². The number of benzene rings is 1. The van der Waals surface area contributed by atoms with Gasteiger partial charge in [0, 0.05) is 11.5 Å². The first-order valence-electron chi connectivity index (χ1n) is 7.24. The molecule has 0 aliphatic heterocycles. The van der Waals surface area contributed by atoms with Crippen molar-refractivity contribution >= 4 is 29.9 Å². The van der Waals surface area contributed by atoms with Crippen molar-refractivity contribution in [1.29, 1.82) is 0 Å². The molecule has 4 nitrogen and oxygen atoms in total. The van der Waals surface area contributed by atoms with Gasteiger partial charge in [-0.2, -0.15) is 12.6 Å². The highest BCUT2D eigenvalue weighted by molar-refractivity contribution is 7.80. The van der Waals surface area contributed by atoms with Gasteiger partial charge in [0.2, 0.25) is 5.75 Å². The van der Waals surface area contributed by atoms with Gasteiger partial charge in [0.15, 0.2) is 0 Å². The highest BCUT2D eigenvalue weighted by atomic mass is 35.5. The summed E-state index contributed by atoms with van der Waals surface area (Å²) in [6.45, 7) is 0.432. The summed E-state index contributed by atoms with van der Waals surface area (Å²) in [6.07, 6.45) is 6.90. The van der Waals surface area contributed by atoms with Gasteiger partial charge >= 0.3 is 5.69 Å². The minimum atomic E-state index is -0.457. The van der Waals surface area contributed by atoms with Crippen LogP contribution in [0.4, 0.5) is 5.69 Å². The molecule has 21 heavy (non-hydrogen) atoms. The molecule has 0 saturated heterocycles. The van der Waals surface area contributed by atoms with Gasteiger partial charge in [-0.05, 0) is 24.7 Å². The van der Waals surface area contributed by atoms with Gasteiger partial charge < -0.3 is 4.74 Å². The smallest absolute Gasteiger partial charge is 0.312 e. The van der Waals surface area contributed by atoms with Crippen molar-refractivity contribution in [3.05, 3.63) is 33.3 Å². The lowest BCUT2D eigenvalue weighted by atomic mass is 9.83. The third-order valence-corrected chi connectivity index (χ3v) is 5.13. The molecule has 116 valence electrons. The zero-order valence-electron chi connectivity index (χ0n) is 11.9. The monoisotopic (exact) mass is 329 g/mol. The molecule has 2 rings (SSSR count). The first kappa shape index (κ1) is 16.4. The molecule has 0 N–H and O–H groups in total. The molecule has 0 aromatic heterocycles. The lowest BCUT2D eigenvalue weighted by Crippen LogP contribution is -2.30. The fraction of sp³-hybridized carbons (Fsp3) is 0.600. The largest absolute Gasteiger partial charge is 0.485 e. The molecular formula is C15H20ClNO3S. The van der Waals surface area contributed by atoms with Crippen LogP contribution in [0, 0.1) is 15.5 Å². The number of nitrogens with zero attached hydrogens (tertiary/aromatic N) is 1. The van der Waals surface area contributed by atoms with E-state index in [0.717, 1.165) is 31.4 Å². The number of nitro groups is 1. The number of para-hydroxylation sites is 1. The third kappa shape index (κ3) is 4.04. The zero-order valence-corrected chi connectivity index (χ0v) is 13.5. The molecule has 1 aromatic rings. The zero-order chi connectivity index (χ0) is 15.3. The van der Waals surface area contributed by atoms with Gasteiger partial charge in [0.25, 0.3) is 0 Å². The molecule has 0 heterocycles. The van der Waals surface area contributed by atoms with E-state index >= 15 is 0 Å². The van der Waals surface area contributed by atoms with Gasteiger partial charge in [0.05, 0.1) is 16.6 Å². The van der Waals surface area contributed by atoms with E-state index in [1.165, 1.54) is 18.9 Å². The summed E-state index contributed by atoms with van der Waals surface area (Å²) in [6, 6.07) is 4.60. The second-order valence-corrected chi connectivity index (χ2v) is 6.43. The molecule has 0 bridgehead atoms. The molecule has 1 fully saturated rings. The molecule has 0 unspecified atom stereocenters. The van der Waals surface area contributed by atoms with Crippen molar-refractivity contribution in [2.24, 2.45) is 5.41 Å². The Morgan fingerprint density at radius 2 is 1.95 bits per heavy atom. The molecule has 0 amide bonds. The van der Waals surface area contributed by atoms with Gasteiger partial charge in [-0.3, -0.25) is 10.1 Å². The summed E-state index contributed by atoms with van der Waals surface area (Å²) in [5.41, 5.74) is -0.0856. The number of hydrogen-bond donors (Lipinski definition) is 1. The van der Waals surface area contributed by atoms with E-state index in [-0.39, 0.29) is 21.9 Å². The van der Waals surface area contributed by atoms with Crippen LogP contribution in [0.25, 0.3) is 0 Å². The average molecular weight is 330 g/mol. The number of hydrogen-bond acceptors (Lipinski definition) is 4. The number of rotatable bonds is 5. The van der Waals surface area contributed by atoms with Crippen molar-refractivity contribution in [1.82, 2.24) is 0 Å². The summed E-state index contributed by atoms with van der Waals surface area (Å²) >= 11 is 10.6. The molecular weight excluding hydrogens is 310 g/mol. The van der Waals surface area contributed by atoms with Crippen LogP contribution < -0.4 is 4.74 Å². The number of halogens is 1. The van der Waals surface area contributed by atoms with E-state index in [9.17, 15) is 10.1 Å². The Morgan fingerprint density at radius 3 is 2.52 bits per heavy atom. The Morgan fingerprint density at radius 1 is 1.29 bits per heavy atom. The topological polar surface area (TPSA) is 52.4 Å². The van der Waals surface area contributed by atoms with E-state index in [0.29, 0.717) is 6.61 Å². The SMILES string of the molecule is O=[N+]([O-])c1cccc(Cl)c1OCC1(CS)CCCCCC1. The van der Waals surface area contributed by atoms with Crippen LogP contribution in [0.15, 0.2) is 18.2 Å². The second kappa shape index (κ2) is 7.36. The number of thiol groups is 1. The fourth-order valence-electron chi connectivity index (χ4n) is 2.84. The Labute approximate surface area is 135 Å². The van der Waals surface area contributed by atoms with Gasteiger partial charge in [-0.15, -0.1) is 0 Å². The van der Waals surface area contributed by atoms with Gasteiger partial charge in [0.1, 0.15) is 0 Å². The average Bonchev–Trinajstić information content (AvgIpc) is 2.72. The Bertz CT molecular complexity index is 502. The van der Waals surface area contributed by atoms with Crippen LogP contribution in [-0.4, -0.2) is 17.3 Å². The fourth-order valence-corrected chi connectivity index (χ4v) is 3.47. The van der Waals surface area contributed by atoms with Crippen LogP contribution in [0.1, 0.15) is 38.5 Å².